The van der Waals surface area contributed by atoms with Gasteiger partial charge in [0.2, 0.25) is 4.96 Å². The quantitative estimate of drug-likeness (QED) is 0.750. The second kappa shape index (κ2) is 3.90. The van der Waals surface area contributed by atoms with E-state index in [9.17, 15) is 13.2 Å². The zero-order valence-electron chi connectivity index (χ0n) is 9.39. The lowest BCUT2D eigenvalue weighted by Crippen LogP contribution is -2.11. The standard InChI is InChI=1S/C9H6F3N5S2/c1-3-2-4(13)18-5(3)6-16-17-7(9(10,11)12)14-15-8(17)19-6/h2H,13H2,1H3. The summed E-state index contributed by atoms with van der Waals surface area (Å²) < 4.78 is 38.7. The van der Waals surface area contributed by atoms with E-state index in [-0.39, 0.29) is 4.96 Å². The number of alkyl halides is 3. The SMILES string of the molecule is Cc1cc(N)sc1-c1nn2c(C(F)(F)F)nnc2s1. The van der Waals surface area contributed by atoms with Crippen LogP contribution in [0.4, 0.5) is 18.2 Å². The van der Waals surface area contributed by atoms with Crippen molar-refractivity contribution in [2.75, 3.05) is 5.73 Å². The van der Waals surface area contributed by atoms with Gasteiger partial charge in [-0.3, -0.25) is 0 Å². The normalized spacial score (nSPS) is 12.4. The highest BCUT2D eigenvalue weighted by Gasteiger charge is 2.38. The molecule has 2 N–H and O–H groups in total. The first kappa shape index (κ1) is 12.4. The Morgan fingerprint density at radius 2 is 2.00 bits per heavy atom. The zero-order chi connectivity index (χ0) is 13.8. The second-order valence-electron chi connectivity index (χ2n) is 3.78. The van der Waals surface area contributed by atoms with E-state index in [1.54, 1.807) is 6.07 Å². The summed E-state index contributed by atoms with van der Waals surface area (Å²) in [6, 6.07) is 1.76. The summed E-state index contributed by atoms with van der Waals surface area (Å²) in [6.45, 7) is 1.83. The van der Waals surface area contributed by atoms with Crippen molar-refractivity contribution in [3.05, 3.63) is 17.5 Å². The second-order valence-corrected chi connectivity index (χ2v) is 5.82. The fourth-order valence-corrected chi connectivity index (χ4v) is 3.52. The van der Waals surface area contributed by atoms with Gasteiger partial charge >= 0.3 is 6.18 Å². The largest absolute Gasteiger partial charge is 0.453 e. The average molecular weight is 305 g/mol. The number of nitrogens with two attached hydrogens (primary N) is 1. The molecule has 0 atom stereocenters. The number of fused-ring (bicyclic) bond motifs is 1. The van der Waals surface area contributed by atoms with Crippen LogP contribution < -0.4 is 5.73 Å². The molecule has 0 spiro atoms. The molecule has 0 aliphatic heterocycles. The molecule has 0 amide bonds. The molecule has 19 heavy (non-hydrogen) atoms. The molecule has 100 valence electrons. The molecule has 10 heteroatoms. The number of rotatable bonds is 1. The highest BCUT2D eigenvalue weighted by atomic mass is 32.1. The van der Waals surface area contributed by atoms with E-state index >= 15 is 0 Å². The Hall–Kier alpha value is -1.68. The molecule has 0 aromatic carbocycles. The minimum atomic E-state index is -4.58. The highest BCUT2D eigenvalue weighted by molar-refractivity contribution is 7.25. The van der Waals surface area contributed by atoms with Crippen LogP contribution in [0.15, 0.2) is 6.07 Å². The number of halogens is 3. The third kappa shape index (κ3) is 1.96. The topological polar surface area (TPSA) is 69.1 Å². The molecular formula is C9H6F3N5S2. The van der Waals surface area contributed by atoms with E-state index in [1.807, 2.05) is 6.92 Å². The fourth-order valence-electron chi connectivity index (χ4n) is 1.60. The van der Waals surface area contributed by atoms with Gasteiger partial charge in [0, 0.05) is 0 Å². The first-order valence-electron chi connectivity index (χ1n) is 5.02. The van der Waals surface area contributed by atoms with Crippen LogP contribution in [0.2, 0.25) is 0 Å². The fraction of sp³-hybridized carbons (Fsp3) is 0.222. The third-order valence-electron chi connectivity index (χ3n) is 2.38. The van der Waals surface area contributed by atoms with Crippen LogP contribution >= 0.6 is 22.7 Å². The average Bonchev–Trinajstić information content (AvgIpc) is 2.88. The van der Waals surface area contributed by atoms with Gasteiger partial charge in [0.1, 0.15) is 0 Å². The van der Waals surface area contributed by atoms with Gasteiger partial charge in [0.25, 0.3) is 5.82 Å². The van der Waals surface area contributed by atoms with Crippen molar-refractivity contribution in [3.63, 3.8) is 0 Å². The lowest BCUT2D eigenvalue weighted by Gasteiger charge is -2.00. The minimum Gasteiger partial charge on any atom is -0.391 e. The number of nitrogens with zero attached hydrogens (tertiary/aromatic N) is 4. The van der Waals surface area contributed by atoms with Crippen LogP contribution in [0.25, 0.3) is 14.8 Å². The molecule has 3 aromatic heterocycles. The van der Waals surface area contributed by atoms with Gasteiger partial charge in [-0.05, 0) is 18.6 Å². The van der Waals surface area contributed by atoms with Gasteiger partial charge in [0.15, 0.2) is 5.01 Å². The minimum absolute atomic E-state index is 0.105. The van der Waals surface area contributed by atoms with E-state index in [4.69, 9.17) is 5.73 Å². The summed E-state index contributed by atoms with van der Waals surface area (Å²) in [4.78, 5) is 0.856. The zero-order valence-corrected chi connectivity index (χ0v) is 11.0. The van der Waals surface area contributed by atoms with Crippen LogP contribution in [-0.2, 0) is 6.18 Å². The number of hydrogen-bond donors (Lipinski definition) is 1. The van der Waals surface area contributed by atoms with Gasteiger partial charge < -0.3 is 5.73 Å². The summed E-state index contributed by atoms with van der Waals surface area (Å²) >= 11 is 2.33. The highest BCUT2D eigenvalue weighted by Crippen LogP contribution is 2.37. The predicted molar refractivity (Wildman–Crippen MR) is 66.1 cm³/mol. The lowest BCUT2D eigenvalue weighted by atomic mass is 10.3. The Balaban J connectivity index is 2.18. The van der Waals surface area contributed by atoms with Crippen molar-refractivity contribution in [3.8, 4) is 9.88 Å². The maximum Gasteiger partial charge on any atom is 0.453 e. The summed E-state index contributed by atoms with van der Waals surface area (Å²) in [7, 11) is 0. The Morgan fingerprint density at radius 3 is 2.58 bits per heavy atom. The third-order valence-corrected chi connectivity index (χ3v) is 4.49. The van der Waals surface area contributed by atoms with Crippen molar-refractivity contribution in [1.29, 1.82) is 0 Å². The van der Waals surface area contributed by atoms with Crippen LogP contribution in [-0.4, -0.2) is 19.8 Å². The number of aromatic nitrogens is 4. The number of anilines is 1. The smallest absolute Gasteiger partial charge is 0.391 e. The monoisotopic (exact) mass is 305 g/mol. The molecule has 0 radical (unpaired) electrons. The maximum atomic E-state index is 12.7. The van der Waals surface area contributed by atoms with E-state index in [0.717, 1.165) is 26.3 Å². The van der Waals surface area contributed by atoms with E-state index in [1.165, 1.54) is 11.3 Å². The lowest BCUT2D eigenvalue weighted by molar-refractivity contribution is -0.146. The molecule has 0 aliphatic rings. The molecule has 0 saturated heterocycles. The summed E-state index contributed by atoms with van der Waals surface area (Å²) in [5, 5.41) is 11.6. The van der Waals surface area contributed by atoms with Crippen molar-refractivity contribution >= 4 is 32.6 Å². The van der Waals surface area contributed by atoms with E-state index < -0.39 is 12.0 Å². The van der Waals surface area contributed by atoms with Crippen molar-refractivity contribution in [2.24, 2.45) is 0 Å². The van der Waals surface area contributed by atoms with Gasteiger partial charge in [-0.15, -0.1) is 21.5 Å². The predicted octanol–water partition coefficient (Wildman–Crippen LogP) is 2.82. The molecule has 0 unspecified atom stereocenters. The Labute approximate surface area is 112 Å². The Morgan fingerprint density at radius 1 is 1.26 bits per heavy atom. The van der Waals surface area contributed by atoms with Gasteiger partial charge in [-0.2, -0.15) is 22.8 Å². The van der Waals surface area contributed by atoms with Crippen molar-refractivity contribution in [2.45, 2.75) is 13.1 Å². The molecule has 3 aromatic rings. The van der Waals surface area contributed by atoms with Crippen LogP contribution in [0.1, 0.15) is 11.4 Å². The first-order valence-corrected chi connectivity index (χ1v) is 6.65. The van der Waals surface area contributed by atoms with Crippen LogP contribution in [0.3, 0.4) is 0 Å². The van der Waals surface area contributed by atoms with Crippen molar-refractivity contribution < 1.29 is 13.2 Å². The molecular weight excluding hydrogens is 299 g/mol. The molecule has 0 saturated carbocycles. The summed E-state index contributed by atoms with van der Waals surface area (Å²) in [5.41, 5.74) is 6.54. The van der Waals surface area contributed by atoms with Crippen LogP contribution in [0.5, 0.6) is 0 Å². The Kier molecular flexibility index (Phi) is 2.54. The molecule has 3 rings (SSSR count). The molecule has 5 nitrogen and oxygen atoms in total. The first-order chi connectivity index (χ1) is 8.86. The maximum absolute atomic E-state index is 12.7. The van der Waals surface area contributed by atoms with Crippen molar-refractivity contribution in [1.82, 2.24) is 19.8 Å². The molecule has 0 fully saturated rings. The van der Waals surface area contributed by atoms with Gasteiger partial charge in [-0.25, -0.2) is 0 Å². The molecule has 0 aliphatic carbocycles. The summed E-state index contributed by atoms with van der Waals surface area (Å²) in [6.07, 6.45) is -4.58. The van der Waals surface area contributed by atoms with Gasteiger partial charge in [0.05, 0.1) is 9.88 Å². The number of nitrogen functional groups attached to an aromatic ring is 1. The number of thiophene rings is 1. The van der Waals surface area contributed by atoms with Gasteiger partial charge in [-0.1, -0.05) is 11.3 Å². The number of aryl methyl sites for hydroxylation is 1. The molecule has 3 heterocycles. The van der Waals surface area contributed by atoms with E-state index in [0.29, 0.717) is 10.0 Å². The Bertz CT molecular complexity index is 754. The summed E-state index contributed by atoms with van der Waals surface area (Å²) in [5.74, 6) is -1.12. The van der Waals surface area contributed by atoms with E-state index in [2.05, 4.69) is 15.3 Å². The van der Waals surface area contributed by atoms with Crippen LogP contribution in [0, 0.1) is 6.92 Å². The number of hydrogen-bond acceptors (Lipinski definition) is 6. The molecule has 0 bridgehead atoms.